The Morgan fingerprint density at radius 3 is 1.27 bits per heavy atom. The van der Waals surface area contributed by atoms with E-state index in [0.29, 0.717) is 0 Å². The second kappa shape index (κ2) is 4.36. The third-order valence-corrected chi connectivity index (χ3v) is 3.99. The fraction of sp³-hybridized carbons (Fsp3) is 0. The molecule has 0 aliphatic carbocycles. The molecule has 3 heteroatoms. The minimum atomic E-state index is -0.599. The van der Waals surface area contributed by atoms with Gasteiger partial charge in [-0.1, -0.05) is 34.6 Å². The Balaban J connectivity index is 2.15. The van der Waals surface area contributed by atoms with Gasteiger partial charge in [-0.15, -0.1) is 0 Å². The Bertz CT molecular complexity index is 391. The van der Waals surface area contributed by atoms with Crippen LogP contribution in [0.3, 0.4) is 0 Å². The van der Waals surface area contributed by atoms with E-state index in [1.807, 2.05) is 0 Å². The quantitative estimate of drug-likeness (QED) is 0.665. The molecule has 0 radical (unpaired) electrons. The second-order valence-corrected chi connectivity index (χ2v) is 5.42. The molecule has 0 aliphatic rings. The Morgan fingerprint density at radius 1 is 0.600 bits per heavy atom. The summed E-state index contributed by atoms with van der Waals surface area (Å²) in [6.45, 7) is 0. The first-order valence-corrected chi connectivity index (χ1v) is 6.14. The molecule has 0 amide bonds. The van der Waals surface area contributed by atoms with Crippen molar-refractivity contribution in [1.82, 2.24) is 0 Å². The van der Waals surface area contributed by atoms with Gasteiger partial charge in [0.05, 0.1) is 9.52 Å². The molecule has 0 N–H and O–H groups in total. The number of hydrogen-bond donors (Lipinski definition) is 0. The normalized spacial score (nSPS) is 10.3. The van der Waals surface area contributed by atoms with Gasteiger partial charge in [0.2, 0.25) is 0 Å². The summed E-state index contributed by atoms with van der Waals surface area (Å²) in [5, 5.41) is 2.31. The molecule has 0 saturated carbocycles. The highest BCUT2D eigenvalue weighted by molar-refractivity contribution is 6.67. The molecular weight excluding hydrogens is 210 g/mol. The lowest BCUT2D eigenvalue weighted by atomic mass is 10.3. The Hall–Kier alpha value is -1.48. The third kappa shape index (κ3) is 2.73. The van der Waals surface area contributed by atoms with Gasteiger partial charge in [-0.25, -0.2) is 8.78 Å². The van der Waals surface area contributed by atoms with E-state index in [9.17, 15) is 8.78 Å². The van der Waals surface area contributed by atoms with E-state index in [1.165, 1.54) is 24.3 Å². The zero-order valence-electron chi connectivity index (χ0n) is 8.08. The fourth-order valence-electron chi connectivity index (χ4n) is 1.44. The van der Waals surface area contributed by atoms with Gasteiger partial charge in [0.15, 0.2) is 0 Å². The molecule has 15 heavy (non-hydrogen) atoms. The van der Waals surface area contributed by atoms with Crippen LogP contribution in [0.15, 0.2) is 48.5 Å². The number of rotatable bonds is 2. The molecule has 0 aromatic heterocycles. The van der Waals surface area contributed by atoms with Gasteiger partial charge < -0.3 is 0 Å². The summed E-state index contributed by atoms with van der Waals surface area (Å²) in [6.07, 6.45) is 0. The zero-order valence-corrected chi connectivity index (χ0v) is 9.50. The summed E-state index contributed by atoms with van der Waals surface area (Å²) in [5.41, 5.74) is 0. The van der Waals surface area contributed by atoms with Crippen molar-refractivity contribution in [3.63, 3.8) is 0 Å². The third-order valence-electron chi connectivity index (χ3n) is 2.23. The summed E-state index contributed by atoms with van der Waals surface area (Å²) in [5.74, 6) is -0.432. The van der Waals surface area contributed by atoms with Crippen molar-refractivity contribution in [1.29, 1.82) is 0 Å². The van der Waals surface area contributed by atoms with Crippen LogP contribution in [0.1, 0.15) is 0 Å². The van der Waals surface area contributed by atoms with Gasteiger partial charge in [-0.05, 0) is 24.3 Å². The first-order chi connectivity index (χ1) is 7.24. The van der Waals surface area contributed by atoms with E-state index in [0.717, 1.165) is 10.4 Å². The molecule has 76 valence electrons. The summed E-state index contributed by atoms with van der Waals surface area (Å²) >= 11 is 0. The van der Waals surface area contributed by atoms with Crippen LogP contribution in [0.25, 0.3) is 0 Å². The van der Waals surface area contributed by atoms with Crippen molar-refractivity contribution < 1.29 is 8.78 Å². The number of hydrogen-bond acceptors (Lipinski definition) is 0. The van der Waals surface area contributed by atoms with E-state index in [1.54, 1.807) is 24.3 Å². The standard InChI is InChI=1S/C12H10F2Si/c13-9-1-5-11(6-2-9)15-12-7-3-10(14)4-8-12/h1-8H,15H2. The smallest absolute Gasteiger partial charge is 0.123 e. The molecule has 0 unspecified atom stereocenters. The van der Waals surface area contributed by atoms with Crippen molar-refractivity contribution in [3.8, 4) is 0 Å². The van der Waals surface area contributed by atoms with Crippen LogP contribution >= 0.6 is 0 Å². The van der Waals surface area contributed by atoms with Gasteiger partial charge in [0, 0.05) is 0 Å². The van der Waals surface area contributed by atoms with Gasteiger partial charge in [0.1, 0.15) is 11.6 Å². The van der Waals surface area contributed by atoms with E-state index in [4.69, 9.17) is 0 Å². The van der Waals surface area contributed by atoms with Gasteiger partial charge >= 0.3 is 0 Å². The Kier molecular flexibility index (Phi) is 2.92. The molecule has 0 nitrogen and oxygen atoms in total. The number of halogens is 2. The first-order valence-electron chi connectivity index (χ1n) is 4.73. The average Bonchev–Trinajstić information content (AvgIpc) is 2.25. The fourth-order valence-corrected chi connectivity index (χ4v) is 2.85. The molecule has 2 aromatic rings. The van der Waals surface area contributed by atoms with E-state index in [-0.39, 0.29) is 11.6 Å². The maximum absolute atomic E-state index is 12.6. The predicted molar refractivity (Wildman–Crippen MR) is 60.6 cm³/mol. The van der Waals surface area contributed by atoms with Crippen molar-refractivity contribution in [3.05, 3.63) is 60.2 Å². The predicted octanol–water partition coefficient (Wildman–Crippen LogP) is 1.08. The largest absolute Gasteiger partial charge is 0.207 e. The topological polar surface area (TPSA) is 0 Å². The van der Waals surface area contributed by atoms with Crippen LogP contribution < -0.4 is 10.4 Å². The number of benzene rings is 2. The van der Waals surface area contributed by atoms with Crippen molar-refractivity contribution in [2.45, 2.75) is 0 Å². The highest BCUT2D eigenvalue weighted by atomic mass is 28.2. The molecule has 0 spiro atoms. The van der Waals surface area contributed by atoms with Crippen molar-refractivity contribution in [2.24, 2.45) is 0 Å². The average molecular weight is 220 g/mol. The van der Waals surface area contributed by atoms with Crippen LogP contribution in [0.2, 0.25) is 0 Å². The van der Waals surface area contributed by atoms with Gasteiger partial charge in [-0.2, -0.15) is 0 Å². The maximum atomic E-state index is 12.6. The lowest BCUT2D eigenvalue weighted by Crippen LogP contribution is -2.26. The Labute approximate surface area is 89.4 Å². The summed E-state index contributed by atoms with van der Waals surface area (Å²) in [7, 11) is -0.599. The van der Waals surface area contributed by atoms with Crippen LogP contribution in [0.5, 0.6) is 0 Å². The second-order valence-electron chi connectivity index (χ2n) is 3.43. The lowest BCUT2D eigenvalue weighted by molar-refractivity contribution is 0.628. The van der Waals surface area contributed by atoms with E-state index in [2.05, 4.69) is 0 Å². The maximum Gasteiger partial charge on any atom is 0.123 e. The SMILES string of the molecule is Fc1ccc([SiH2]c2ccc(F)cc2)cc1. The van der Waals surface area contributed by atoms with Crippen molar-refractivity contribution in [2.75, 3.05) is 0 Å². The van der Waals surface area contributed by atoms with E-state index >= 15 is 0 Å². The lowest BCUT2D eigenvalue weighted by Gasteiger charge is -2.00. The van der Waals surface area contributed by atoms with Crippen LogP contribution in [-0.2, 0) is 0 Å². The zero-order chi connectivity index (χ0) is 10.7. The highest BCUT2D eigenvalue weighted by Crippen LogP contribution is 1.94. The van der Waals surface area contributed by atoms with Gasteiger partial charge in [0.25, 0.3) is 0 Å². The van der Waals surface area contributed by atoms with Crippen LogP contribution in [0, 0.1) is 11.6 Å². The highest BCUT2D eigenvalue weighted by Gasteiger charge is 1.98. The Morgan fingerprint density at radius 2 is 0.933 bits per heavy atom. The molecule has 0 atom stereocenters. The monoisotopic (exact) mass is 220 g/mol. The minimum Gasteiger partial charge on any atom is -0.207 e. The summed E-state index contributed by atoms with van der Waals surface area (Å²) < 4.78 is 25.3. The summed E-state index contributed by atoms with van der Waals surface area (Å²) in [4.78, 5) is 0. The van der Waals surface area contributed by atoms with Crippen LogP contribution in [0.4, 0.5) is 8.78 Å². The molecule has 0 heterocycles. The molecular formula is C12H10F2Si. The minimum absolute atomic E-state index is 0.216. The first kappa shape index (κ1) is 10.0. The molecule has 0 fully saturated rings. The molecule has 0 bridgehead atoms. The molecule has 2 aromatic carbocycles. The molecule has 0 aliphatic heterocycles. The van der Waals surface area contributed by atoms with Crippen molar-refractivity contribution >= 4 is 19.9 Å². The van der Waals surface area contributed by atoms with Crippen LogP contribution in [-0.4, -0.2) is 9.52 Å². The van der Waals surface area contributed by atoms with Gasteiger partial charge in [-0.3, -0.25) is 0 Å². The van der Waals surface area contributed by atoms with E-state index < -0.39 is 9.52 Å². The molecule has 2 rings (SSSR count). The summed E-state index contributed by atoms with van der Waals surface area (Å²) in [6, 6.07) is 13.0. The molecule has 0 saturated heterocycles.